The van der Waals surface area contributed by atoms with Crippen LogP contribution in [0.25, 0.3) is 0 Å². The topological polar surface area (TPSA) is 108 Å². The molecule has 0 aliphatic rings. The molecule has 130 valence electrons. The molecule has 24 heavy (non-hydrogen) atoms. The van der Waals surface area contributed by atoms with Gasteiger partial charge >= 0.3 is 5.82 Å². The molecule has 0 bridgehead atoms. The zero-order valence-electron chi connectivity index (χ0n) is 13.5. The highest BCUT2D eigenvalue weighted by molar-refractivity contribution is 6.30. The predicted octanol–water partition coefficient (Wildman–Crippen LogP) is 2.11. The van der Waals surface area contributed by atoms with E-state index in [1.807, 2.05) is 6.92 Å². The molecule has 0 spiro atoms. The smallest absolute Gasteiger partial charge is 0.358 e. The van der Waals surface area contributed by atoms with Gasteiger partial charge in [0.15, 0.2) is 6.04 Å². The first-order chi connectivity index (χ1) is 11.4. The molecule has 0 aromatic carbocycles. The van der Waals surface area contributed by atoms with Crippen molar-refractivity contribution in [1.82, 2.24) is 24.9 Å². The Morgan fingerprint density at radius 3 is 2.83 bits per heavy atom. The fourth-order valence-electron chi connectivity index (χ4n) is 2.38. The molecule has 0 radical (unpaired) electrons. The summed E-state index contributed by atoms with van der Waals surface area (Å²) in [6.45, 7) is 4.63. The summed E-state index contributed by atoms with van der Waals surface area (Å²) in [7, 11) is 0. The third-order valence-electron chi connectivity index (χ3n) is 3.55. The van der Waals surface area contributed by atoms with E-state index in [0.717, 1.165) is 0 Å². The lowest BCUT2D eigenvalue weighted by Crippen LogP contribution is -2.34. The van der Waals surface area contributed by atoms with E-state index in [9.17, 15) is 14.9 Å². The normalized spacial score (nSPS) is 12.1. The van der Waals surface area contributed by atoms with Crippen LogP contribution in [-0.4, -0.2) is 36.9 Å². The lowest BCUT2D eigenvalue weighted by atomic mass is 10.2. The Bertz CT molecular complexity index is 726. The molecule has 2 aromatic rings. The maximum atomic E-state index is 12.3. The Kier molecular flexibility index (Phi) is 5.91. The number of nitro groups is 1. The van der Waals surface area contributed by atoms with Crippen LogP contribution in [0.4, 0.5) is 5.82 Å². The molecule has 1 amide bonds. The van der Waals surface area contributed by atoms with Gasteiger partial charge in [0.05, 0.1) is 28.1 Å². The van der Waals surface area contributed by atoms with E-state index < -0.39 is 11.0 Å². The molecule has 10 heteroatoms. The van der Waals surface area contributed by atoms with Crippen LogP contribution in [0.5, 0.6) is 0 Å². The lowest BCUT2D eigenvalue weighted by molar-refractivity contribution is -0.389. The molecule has 1 N–H and O–H groups in total. The van der Waals surface area contributed by atoms with Crippen LogP contribution in [0.2, 0.25) is 5.02 Å². The summed E-state index contributed by atoms with van der Waals surface area (Å²) in [5, 5.41) is 22.2. The fourth-order valence-corrected chi connectivity index (χ4v) is 2.53. The minimum atomic E-state index is -0.571. The number of hydrogen-bond donors (Lipinski definition) is 1. The summed E-state index contributed by atoms with van der Waals surface area (Å²) in [6.07, 6.45) is 4.45. The highest BCUT2D eigenvalue weighted by Crippen LogP contribution is 2.18. The van der Waals surface area contributed by atoms with E-state index in [4.69, 9.17) is 11.6 Å². The Morgan fingerprint density at radius 2 is 2.29 bits per heavy atom. The van der Waals surface area contributed by atoms with Crippen molar-refractivity contribution >= 4 is 23.3 Å². The molecule has 2 heterocycles. The van der Waals surface area contributed by atoms with Crippen molar-refractivity contribution in [2.75, 3.05) is 6.54 Å². The van der Waals surface area contributed by atoms with Gasteiger partial charge in [0.2, 0.25) is 5.91 Å². The minimum Gasteiger partial charge on any atom is -0.358 e. The minimum absolute atomic E-state index is 0.211. The summed E-state index contributed by atoms with van der Waals surface area (Å²) in [5.41, 5.74) is 0.579. The van der Waals surface area contributed by atoms with Gasteiger partial charge in [-0.3, -0.25) is 9.48 Å². The van der Waals surface area contributed by atoms with Gasteiger partial charge in [0.1, 0.15) is 0 Å². The van der Waals surface area contributed by atoms with Gasteiger partial charge in [-0.15, -0.1) is 0 Å². The molecule has 2 rings (SSSR count). The maximum absolute atomic E-state index is 12.3. The quantitative estimate of drug-likeness (QED) is 0.443. The number of aryl methyl sites for hydroxylation is 2. The Labute approximate surface area is 143 Å². The number of carbonyl (C=O) groups is 1. The van der Waals surface area contributed by atoms with Crippen molar-refractivity contribution in [3.63, 3.8) is 0 Å². The molecular formula is C14H19ClN6O3. The number of hydrogen-bond acceptors (Lipinski definition) is 5. The number of aromatic nitrogens is 4. The second kappa shape index (κ2) is 7.91. The van der Waals surface area contributed by atoms with Gasteiger partial charge in [-0.2, -0.15) is 9.78 Å². The number of nitrogens with one attached hydrogen (secondary N) is 1. The third kappa shape index (κ3) is 4.31. The molecule has 9 nitrogen and oxygen atoms in total. The van der Waals surface area contributed by atoms with Crippen molar-refractivity contribution in [2.45, 2.75) is 39.3 Å². The van der Waals surface area contributed by atoms with Crippen LogP contribution < -0.4 is 5.32 Å². The van der Waals surface area contributed by atoms with Crippen molar-refractivity contribution in [1.29, 1.82) is 0 Å². The molecule has 0 saturated carbocycles. The summed E-state index contributed by atoms with van der Waals surface area (Å²) < 4.78 is 3.10. The zero-order chi connectivity index (χ0) is 17.7. The maximum Gasteiger partial charge on any atom is 0.390 e. The second-order valence-electron chi connectivity index (χ2n) is 5.34. The zero-order valence-corrected chi connectivity index (χ0v) is 14.2. The number of amides is 1. The van der Waals surface area contributed by atoms with Crippen molar-refractivity contribution in [3.05, 3.63) is 39.3 Å². The van der Waals surface area contributed by atoms with E-state index in [-0.39, 0.29) is 11.7 Å². The standard InChI is InChI=1S/C14H19ClN6O3/c1-3-12(20-10(2)7-13(18-20)21(23)24)14(22)16-5-4-6-19-9-11(15)8-17-19/h7-9,12H,3-6H2,1-2H3,(H,16,22). The summed E-state index contributed by atoms with van der Waals surface area (Å²) >= 11 is 5.78. The lowest BCUT2D eigenvalue weighted by Gasteiger charge is -2.14. The van der Waals surface area contributed by atoms with Crippen LogP contribution in [0, 0.1) is 17.0 Å². The highest BCUT2D eigenvalue weighted by Gasteiger charge is 2.26. The summed E-state index contributed by atoms with van der Waals surface area (Å²) in [6, 6.07) is 0.787. The summed E-state index contributed by atoms with van der Waals surface area (Å²) in [4.78, 5) is 22.6. The molecule has 1 unspecified atom stereocenters. The van der Waals surface area contributed by atoms with Crippen molar-refractivity contribution in [2.24, 2.45) is 0 Å². The molecule has 2 aromatic heterocycles. The van der Waals surface area contributed by atoms with Gasteiger partial charge in [0, 0.05) is 19.3 Å². The molecule has 1 atom stereocenters. The average molecular weight is 355 g/mol. The first-order valence-electron chi connectivity index (χ1n) is 7.58. The van der Waals surface area contributed by atoms with Gasteiger partial charge < -0.3 is 15.4 Å². The van der Waals surface area contributed by atoms with Gasteiger partial charge in [-0.05, 0) is 24.7 Å². The first-order valence-corrected chi connectivity index (χ1v) is 7.96. The SMILES string of the molecule is CCC(C(=O)NCCCn1cc(Cl)cn1)n1nc([N+](=O)[O-])cc1C. The average Bonchev–Trinajstić information content (AvgIpc) is 3.11. The number of halogens is 1. The van der Waals surface area contributed by atoms with E-state index in [2.05, 4.69) is 15.5 Å². The van der Waals surface area contributed by atoms with Gasteiger partial charge in [-0.1, -0.05) is 18.5 Å². The van der Waals surface area contributed by atoms with Gasteiger partial charge in [-0.25, -0.2) is 0 Å². The molecule has 0 aliphatic carbocycles. The van der Waals surface area contributed by atoms with Crippen molar-refractivity contribution in [3.8, 4) is 0 Å². The Balaban J connectivity index is 1.90. The van der Waals surface area contributed by atoms with E-state index in [1.165, 1.54) is 10.7 Å². The number of rotatable bonds is 8. The van der Waals surface area contributed by atoms with Crippen LogP contribution in [0.3, 0.4) is 0 Å². The second-order valence-corrected chi connectivity index (χ2v) is 5.77. The predicted molar refractivity (Wildman–Crippen MR) is 87.8 cm³/mol. The van der Waals surface area contributed by atoms with Crippen molar-refractivity contribution < 1.29 is 9.72 Å². The monoisotopic (exact) mass is 354 g/mol. The number of carbonyl (C=O) groups excluding carboxylic acids is 1. The molecule has 0 aliphatic heterocycles. The third-order valence-corrected chi connectivity index (χ3v) is 3.74. The van der Waals surface area contributed by atoms with Crippen LogP contribution in [0.1, 0.15) is 31.5 Å². The molecule has 0 fully saturated rings. The van der Waals surface area contributed by atoms with Crippen LogP contribution in [0.15, 0.2) is 18.5 Å². The van der Waals surface area contributed by atoms with E-state index >= 15 is 0 Å². The van der Waals surface area contributed by atoms with Gasteiger partial charge in [0.25, 0.3) is 0 Å². The first kappa shape index (κ1) is 17.9. The largest absolute Gasteiger partial charge is 0.390 e. The van der Waals surface area contributed by atoms with Crippen LogP contribution in [-0.2, 0) is 11.3 Å². The highest BCUT2D eigenvalue weighted by atomic mass is 35.5. The summed E-state index contributed by atoms with van der Waals surface area (Å²) in [5.74, 6) is -0.466. The Hall–Kier alpha value is -2.42. The van der Waals surface area contributed by atoms with Crippen LogP contribution >= 0.6 is 11.6 Å². The molecular weight excluding hydrogens is 336 g/mol. The Morgan fingerprint density at radius 1 is 1.54 bits per heavy atom. The fraction of sp³-hybridized carbons (Fsp3) is 0.500. The van der Waals surface area contributed by atoms with E-state index in [0.29, 0.717) is 36.6 Å². The van der Waals surface area contributed by atoms with E-state index in [1.54, 1.807) is 24.0 Å². The molecule has 0 saturated heterocycles. The number of nitrogens with zero attached hydrogens (tertiary/aromatic N) is 5.